The standard InChI is InChI=1S/C19H28N6/c20-14-17-19(22-7-6-21-17)25-12-10-23(11-13-25)15-16-4-3-9-24-8-2-1-5-18(16)24/h6-7,16,18H,1-5,8-13,15H2/t16-,18+/m0/s1. The van der Waals surface area contributed by atoms with Gasteiger partial charge in [-0.15, -0.1) is 0 Å². The van der Waals surface area contributed by atoms with E-state index >= 15 is 0 Å². The topological polar surface area (TPSA) is 59.3 Å². The Labute approximate surface area is 150 Å². The quantitative estimate of drug-likeness (QED) is 0.835. The highest BCUT2D eigenvalue weighted by atomic mass is 15.3. The Morgan fingerprint density at radius 3 is 2.60 bits per heavy atom. The number of rotatable bonds is 3. The normalized spacial score (nSPS) is 28.4. The highest BCUT2D eigenvalue weighted by Gasteiger charge is 2.34. The van der Waals surface area contributed by atoms with Gasteiger partial charge in [0.15, 0.2) is 11.5 Å². The van der Waals surface area contributed by atoms with E-state index in [1.54, 1.807) is 12.4 Å². The number of piperidine rings is 2. The summed E-state index contributed by atoms with van der Waals surface area (Å²) in [7, 11) is 0. The van der Waals surface area contributed by atoms with Crippen LogP contribution in [0.15, 0.2) is 12.4 Å². The van der Waals surface area contributed by atoms with E-state index in [1.165, 1.54) is 51.7 Å². The van der Waals surface area contributed by atoms with Crippen LogP contribution in [0.1, 0.15) is 37.8 Å². The molecular formula is C19H28N6. The zero-order valence-electron chi connectivity index (χ0n) is 15.0. The lowest BCUT2D eigenvalue weighted by Gasteiger charge is -2.46. The van der Waals surface area contributed by atoms with Crippen LogP contribution in [0.2, 0.25) is 0 Å². The molecule has 0 N–H and O–H groups in total. The molecule has 0 unspecified atom stereocenters. The fraction of sp³-hybridized carbons (Fsp3) is 0.737. The molecule has 0 amide bonds. The number of hydrogen-bond donors (Lipinski definition) is 0. The largest absolute Gasteiger partial charge is 0.352 e. The summed E-state index contributed by atoms with van der Waals surface area (Å²) >= 11 is 0. The van der Waals surface area contributed by atoms with Crippen molar-refractivity contribution in [1.82, 2.24) is 19.8 Å². The first kappa shape index (κ1) is 16.7. The molecule has 4 heterocycles. The van der Waals surface area contributed by atoms with Gasteiger partial charge >= 0.3 is 0 Å². The molecule has 4 rings (SSSR count). The Balaban J connectivity index is 1.34. The fourth-order valence-electron chi connectivity index (χ4n) is 4.91. The lowest BCUT2D eigenvalue weighted by atomic mass is 9.83. The summed E-state index contributed by atoms with van der Waals surface area (Å²) in [4.78, 5) is 16.1. The van der Waals surface area contributed by atoms with Gasteiger partial charge in [-0.1, -0.05) is 6.42 Å². The van der Waals surface area contributed by atoms with Crippen molar-refractivity contribution in [3.8, 4) is 6.07 Å². The zero-order valence-corrected chi connectivity index (χ0v) is 15.0. The summed E-state index contributed by atoms with van der Waals surface area (Å²) in [5.74, 6) is 1.59. The van der Waals surface area contributed by atoms with Gasteiger partial charge in [-0.2, -0.15) is 5.26 Å². The predicted octanol–water partition coefficient (Wildman–Crippen LogP) is 1.73. The lowest BCUT2D eigenvalue weighted by Crippen LogP contribution is -2.54. The molecule has 3 aliphatic heterocycles. The molecular weight excluding hydrogens is 312 g/mol. The van der Waals surface area contributed by atoms with Crippen molar-refractivity contribution in [2.45, 2.75) is 38.1 Å². The monoisotopic (exact) mass is 340 g/mol. The molecule has 3 saturated heterocycles. The summed E-state index contributed by atoms with van der Waals surface area (Å²) in [5.41, 5.74) is 0.445. The predicted molar refractivity (Wildman–Crippen MR) is 97.3 cm³/mol. The maximum Gasteiger partial charge on any atom is 0.183 e. The van der Waals surface area contributed by atoms with Gasteiger partial charge in [0.05, 0.1) is 0 Å². The molecule has 0 radical (unpaired) electrons. The SMILES string of the molecule is N#Cc1nccnc1N1CCN(C[C@@H]2CCCN3CCCC[C@H]23)CC1. The van der Waals surface area contributed by atoms with E-state index in [0.29, 0.717) is 5.69 Å². The first-order valence-electron chi connectivity index (χ1n) is 9.77. The van der Waals surface area contributed by atoms with Crippen LogP contribution >= 0.6 is 0 Å². The van der Waals surface area contributed by atoms with Crippen molar-refractivity contribution in [3.05, 3.63) is 18.1 Å². The minimum absolute atomic E-state index is 0.445. The van der Waals surface area contributed by atoms with Gasteiger partial charge in [-0.3, -0.25) is 4.90 Å². The van der Waals surface area contributed by atoms with Gasteiger partial charge < -0.3 is 9.80 Å². The highest BCUT2D eigenvalue weighted by Crippen LogP contribution is 2.31. The third kappa shape index (κ3) is 3.63. The minimum atomic E-state index is 0.445. The molecule has 25 heavy (non-hydrogen) atoms. The molecule has 134 valence electrons. The van der Waals surface area contributed by atoms with E-state index in [9.17, 15) is 5.26 Å². The number of hydrogen-bond acceptors (Lipinski definition) is 6. The number of fused-ring (bicyclic) bond motifs is 1. The number of nitriles is 1. The van der Waals surface area contributed by atoms with Gasteiger partial charge in [0.2, 0.25) is 0 Å². The molecule has 0 aliphatic carbocycles. The van der Waals surface area contributed by atoms with Crippen molar-refractivity contribution in [2.24, 2.45) is 5.92 Å². The number of anilines is 1. The first-order valence-corrected chi connectivity index (χ1v) is 9.77. The smallest absolute Gasteiger partial charge is 0.183 e. The fourth-order valence-corrected chi connectivity index (χ4v) is 4.91. The summed E-state index contributed by atoms with van der Waals surface area (Å²) in [5, 5.41) is 9.23. The Bertz CT molecular complexity index is 617. The van der Waals surface area contributed by atoms with E-state index in [-0.39, 0.29) is 0 Å². The molecule has 3 aliphatic rings. The third-order valence-corrected chi connectivity index (χ3v) is 6.18. The summed E-state index contributed by atoms with van der Waals surface area (Å²) in [6, 6.07) is 2.99. The van der Waals surface area contributed by atoms with Crippen LogP contribution < -0.4 is 4.90 Å². The van der Waals surface area contributed by atoms with Crippen molar-refractivity contribution in [2.75, 3.05) is 50.7 Å². The van der Waals surface area contributed by atoms with Crippen LogP contribution in [0.25, 0.3) is 0 Å². The van der Waals surface area contributed by atoms with Crippen LogP contribution in [0.4, 0.5) is 5.82 Å². The Hall–Kier alpha value is -1.71. The van der Waals surface area contributed by atoms with Gasteiger partial charge in [0, 0.05) is 51.2 Å². The molecule has 0 saturated carbocycles. The average Bonchev–Trinajstić information content (AvgIpc) is 2.69. The van der Waals surface area contributed by atoms with Gasteiger partial charge in [-0.25, -0.2) is 9.97 Å². The van der Waals surface area contributed by atoms with Crippen LogP contribution in [0.3, 0.4) is 0 Å². The molecule has 2 atom stereocenters. The van der Waals surface area contributed by atoms with E-state index in [0.717, 1.165) is 44.0 Å². The van der Waals surface area contributed by atoms with Crippen molar-refractivity contribution < 1.29 is 0 Å². The Morgan fingerprint density at radius 2 is 1.76 bits per heavy atom. The maximum absolute atomic E-state index is 9.23. The number of nitrogens with zero attached hydrogens (tertiary/aromatic N) is 6. The summed E-state index contributed by atoms with van der Waals surface area (Å²) in [6.07, 6.45) is 10.2. The molecule has 0 bridgehead atoms. The molecule has 6 heteroatoms. The molecule has 0 spiro atoms. The van der Waals surface area contributed by atoms with Crippen LogP contribution in [0.5, 0.6) is 0 Å². The van der Waals surface area contributed by atoms with E-state index in [1.807, 2.05) is 0 Å². The highest BCUT2D eigenvalue weighted by molar-refractivity contribution is 5.49. The van der Waals surface area contributed by atoms with Crippen molar-refractivity contribution in [1.29, 1.82) is 5.26 Å². The van der Waals surface area contributed by atoms with Gasteiger partial charge in [0.25, 0.3) is 0 Å². The van der Waals surface area contributed by atoms with E-state index in [2.05, 4.69) is 30.7 Å². The maximum atomic E-state index is 9.23. The number of aromatic nitrogens is 2. The van der Waals surface area contributed by atoms with Crippen LogP contribution in [-0.4, -0.2) is 71.6 Å². The third-order valence-electron chi connectivity index (χ3n) is 6.18. The molecule has 3 fully saturated rings. The van der Waals surface area contributed by atoms with E-state index in [4.69, 9.17) is 0 Å². The summed E-state index contributed by atoms with van der Waals surface area (Å²) in [6.45, 7) is 7.87. The van der Waals surface area contributed by atoms with E-state index < -0.39 is 0 Å². The number of piperazine rings is 1. The second-order valence-corrected chi connectivity index (χ2v) is 7.63. The van der Waals surface area contributed by atoms with Crippen molar-refractivity contribution in [3.63, 3.8) is 0 Å². The first-order chi connectivity index (χ1) is 12.3. The van der Waals surface area contributed by atoms with Crippen LogP contribution in [0, 0.1) is 17.2 Å². The van der Waals surface area contributed by atoms with Crippen LogP contribution in [-0.2, 0) is 0 Å². The molecule has 1 aromatic rings. The summed E-state index contributed by atoms with van der Waals surface area (Å²) < 4.78 is 0. The minimum Gasteiger partial charge on any atom is -0.352 e. The molecule has 0 aromatic carbocycles. The Kier molecular flexibility index (Phi) is 5.14. The average molecular weight is 340 g/mol. The Morgan fingerprint density at radius 1 is 0.960 bits per heavy atom. The lowest BCUT2D eigenvalue weighted by molar-refractivity contribution is 0.0394. The second kappa shape index (κ2) is 7.67. The second-order valence-electron chi connectivity index (χ2n) is 7.63. The zero-order chi connectivity index (χ0) is 17.1. The molecule has 1 aromatic heterocycles. The van der Waals surface area contributed by atoms with Crippen molar-refractivity contribution >= 4 is 5.82 Å². The van der Waals surface area contributed by atoms with Gasteiger partial charge in [-0.05, 0) is 44.7 Å². The van der Waals surface area contributed by atoms with Gasteiger partial charge in [0.1, 0.15) is 6.07 Å². The molecule has 6 nitrogen and oxygen atoms in total.